The van der Waals surface area contributed by atoms with Crippen LogP contribution in [0.1, 0.15) is 65.2 Å². The summed E-state index contributed by atoms with van der Waals surface area (Å²) in [5.41, 5.74) is 0. The van der Waals surface area contributed by atoms with Crippen molar-refractivity contribution in [2.45, 2.75) is 65.2 Å². The van der Waals surface area contributed by atoms with E-state index in [1.807, 2.05) is 0 Å². The van der Waals surface area contributed by atoms with Gasteiger partial charge >= 0.3 is 0 Å². The second-order valence-electron chi connectivity index (χ2n) is 8.50. The van der Waals surface area contributed by atoms with Crippen LogP contribution in [0.25, 0.3) is 0 Å². The monoisotopic (exact) mass is 346 g/mol. The Labute approximate surface area is 152 Å². The number of unbranched alkanes of at least 4 members (excludes halogenated alkanes) is 6. The molecule has 0 unspecified atom stereocenters. The van der Waals surface area contributed by atoms with Gasteiger partial charge in [0.15, 0.2) is 0 Å². The first kappa shape index (κ1) is 23.3. The summed E-state index contributed by atoms with van der Waals surface area (Å²) in [6, 6.07) is 0. The Morgan fingerprint density at radius 3 is 1.26 bits per heavy atom. The second-order valence-corrected chi connectivity index (χ2v) is 9.72. The van der Waals surface area contributed by atoms with Crippen LogP contribution in [0, 0.1) is 0 Å². The molecule has 0 saturated heterocycles. The molecule has 0 rings (SSSR count). The lowest BCUT2D eigenvalue weighted by Gasteiger charge is -2.31. The van der Waals surface area contributed by atoms with Crippen molar-refractivity contribution in [3.8, 4) is 0 Å². The standard InChI is InChI=1S/C20H46N2S/c1-7-9-11-13-15-21(3,4)17-19-23-20-18-22(5,6)16-14-12-10-8-2/h7-20H2,1-6H3/q+2. The number of hydrogen-bond acceptors (Lipinski definition) is 1. The molecule has 0 amide bonds. The number of hydrogen-bond donors (Lipinski definition) is 0. The highest BCUT2D eigenvalue weighted by molar-refractivity contribution is 7.99. The molecule has 0 N–H and O–H groups in total. The van der Waals surface area contributed by atoms with E-state index < -0.39 is 0 Å². The van der Waals surface area contributed by atoms with Gasteiger partial charge in [-0.05, 0) is 25.7 Å². The molecule has 0 radical (unpaired) electrons. The molecule has 0 aromatic carbocycles. The third kappa shape index (κ3) is 15.5. The highest BCUT2D eigenvalue weighted by Gasteiger charge is 2.16. The maximum absolute atomic E-state index is 2.40. The summed E-state index contributed by atoms with van der Waals surface area (Å²) in [4.78, 5) is 0. The molecular formula is C20H46N2S+2. The Bertz CT molecular complexity index is 238. The first-order valence-corrected chi connectivity index (χ1v) is 11.2. The first-order chi connectivity index (χ1) is 10.8. The Kier molecular flexibility index (Phi) is 13.7. The summed E-state index contributed by atoms with van der Waals surface area (Å²) in [7, 11) is 9.61. The van der Waals surface area contributed by atoms with Gasteiger partial charge in [0.25, 0.3) is 0 Å². The highest BCUT2D eigenvalue weighted by atomic mass is 32.2. The van der Waals surface area contributed by atoms with E-state index in [0.29, 0.717) is 0 Å². The fourth-order valence-corrected chi connectivity index (χ4v) is 4.33. The molecule has 0 fully saturated rings. The van der Waals surface area contributed by atoms with E-state index in [4.69, 9.17) is 0 Å². The zero-order valence-corrected chi connectivity index (χ0v) is 18.0. The summed E-state index contributed by atoms with van der Waals surface area (Å²) in [6.45, 7) is 9.92. The lowest BCUT2D eigenvalue weighted by molar-refractivity contribution is -0.888. The van der Waals surface area contributed by atoms with Gasteiger partial charge in [0.2, 0.25) is 0 Å². The predicted molar refractivity (Wildman–Crippen MR) is 109 cm³/mol. The van der Waals surface area contributed by atoms with Crippen molar-refractivity contribution in [2.75, 3.05) is 65.9 Å². The topological polar surface area (TPSA) is 0 Å². The minimum absolute atomic E-state index is 1.20. The Morgan fingerprint density at radius 1 is 0.522 bits per heavy atom. The van der Waals surface area contributed by atoms with Gasteiger partial charge in [-0.1, -0.05) is 39.5 Å². The van der Waals surface area contributed by atoms with Crippen molar-refractivity contribution >= 4 is 11.8 Å². The molecule has 0 aromatic rings. The highest BCUT2D eigenvalue weighted by Crippen LogP contribution is 2.11. The minimum atomic E-state index is 1.20. The smallest absolute Gasteiger partial charge is 0.0874 e. The van der Waals surface area contributed by atoms with Gasteiger partial charge in [0.1, 0.15) is 0 Å². The predicted octanol–water partition coefficient (Wildman–Crippen LogP) is 5.03. The third-order valence-corrected chi connectivity index (χ3v) is 5.86. The summed E-state index contributed by atoms with van der Waals surface area (Å²) >= 11 is 2.16. The Balaban J connectivity index is 3.65. The Hall–Kier alpha value is 0.270. The van der Waals surface area contributed by atoms with Gasteiger partial charge in [-0.15, -0.1) is 0 Å². The molecule has 0 aliphatic carbocycles. The third-order valence-electron chi connectivity index (χ3n) is 4.92. The molecule has 0 atom stereocenters. The SMILES string of the molecule is CCCCCC[N+](C)(C)CCSCC[N+](C)(C)CCCCCC. The van der Waals surface area contributed by atoms with Gasteiger partial charge in [-0.25, -0.2) is 0 Å². The quantitative estimate of drug-likeness (QED) is 0.279. The summed E-state index contributed by atoms with van der Waals surface area (Å²) in [5, 5.41) is 0. The number of thioether (sulfide) groups is 1. The minimum Gasteiger partial charge on any atom is -0.328 e. The van der Waals surface area contributed by atoms with Crippen LogP contribution in [0.3, 0.4) is 0 Å². The van der Waals surface area contributed by atoms with Gasteiger partial charge < -0.3 is 8.97 Å². The van der Waals surface area contributed by atoms with Gasteiger partial charge in [0, 0.05) is 11.5 Å². The van der Waals surface area contributed by atoms with Crippen LogP contribution in [0.15, 0.2) is 0 Å². The second kappa shape index (κ2) is 13.5. The van der Waals surface area contributed by atoms with E-state index in [1.54, 1.807) is 0 Å². The molecule has 3 heteroatoms. The van der Waals surface area contributed by atoms with Crippen LogP contribution in [0.5, 0.6) is 0 Å². The molecule has 0 spiro atoms. The van der Waals surface area contributed by atoms with Crippen LogP contribution < -0.4 is 0 Å². The maximum Gasteiger partial charge on any atom is 0.0874 e. The van der Waals surface area contributed by atoms with Gasteiger partial charge in [0.05, 0.1) is 54.4 Å². The van der Waals surface area contributed by atoms with Crippen LogP contribution >= 0.6 is 11.8 Å². The number of quaternary nitrogens is 2. The van der Waals surface area contributed by atoms with Crippen molar-refractivity contribution in [1.29, 1.82) is 0 Å². The summed E-state index contributed by atoms with van der Waals surface area (Å²) in [5.74, 6) is 2.63. The molecule has 0 heterocycles. The largest absolute Gasteiger partial charge is 0.328 e. The van der Waals surface area contributed by atoms with E-state index in [-0.39, 0.29) is 0 Å². The van der Waals surface area contributed by atoms with Crippen LogP contribution in [0.2, 0.25) is 0 Å². The van der Waals surface area contributed by atoms with E-state index in [1.165, 1.54) is 98.0 Å². The first-order valence-electron chi connectivity index (χ1n) is 10.0. The molecule has 140 valence electrons. The van der Waals surface area contributed by atoms with E-state index in [2.05, 4.69) is 53.8 Å². The summed E-state index contributed by atoms with van der Waals surface area (Å²) in [6.07, 6.45) is 11.1. The molecule has 23 heavy (non-hydrogen) atoms. The number of nitrogens with zero attached hydrogens (tertiary/aromatic N) is 2. The lowest BCUT2D eigenvalue weighted by Crippen LogP contribution is -2.43. The van der Waals surface area contributed by atoms with Crippen molar-refractivity contribution in [1.82, 2.24) is 0 Å². The zero-order valence-electron chi connectivity index (χ0n) is 17.2. The normalized spacial score (nSPS) is 12.8. The molecule has 0 aliphatic rings. The van der Waals surface area contributed by atoms with Crippen LogP contribution in [-0.2, 0) is 0 Å². The van der Waals surface area contributed by atoms with Gasteiger partial charge in [-0.2, -0.15) is 11.8 Å². The Morgan fingerprint density at radius 2 is 0.913 bits per heavy atom. The fraction of sp³-hybridized carbons (Fsp3) is 1.00. The van der Waals surface area contributed by atoms with Gasteiger partial charge in [-0.3, -0.25) is 0 Å². The molecule has 0 aromatic heterocycles. The molecule has 0 bridgehead atoms. The van der Waals surface area contributed by atoms with Crippen molar-refractivity contribution in [3.63, 3.8) is 0 Å². The van der Waals surface area contributed by atoms with E-state index >= 15 is 0 Å². The van der Waals surface area contributed by atoms with Crippen LogP contribution in [0.4, 0.5) is 0 Å². The zero-order chi connectivity index (χ0) is 17.6. The molecular weight excluding hydrogens is 300 g/mol. The van der Waals surface area contributed by atoms with Crippen molar-refractivity contribution in [2.24, 2.45) is 0 Å². The van der Waals surface area contributed by atoms with E-state index in [9.17, 15) is 0 Å². The molecule has 0 aliphatic heterocycles. The number of rotatable bonds is 16. The van der Waals surface area contributed by atoms with Crippen LogP contribution in [-0.4, -0.2) is 74.8 Å². The summed E-state index contributed by atoms with van der Waals surface area (Å²) < 4.78 is 2.40. The lowest BCUT2D eigenvalue weighted by atomic mass is 10.2. The fourth-order valence-electron chi connectivity index (χ4n) is 2.88. The molecule has 2 nitrogen and oxygen atoms in total. The average molecular weight is 347 g/mol. The van der Waals surface area contributed by atoms with Crippen molar-refractivity contribution < 1.29 is 8.97 Å². The van der Waals surface area contributed by atoms with E-state index in [0.717, 1.165) is 0 Å². The maximum atomic E-state index is 2.40. The average Bonchev–Trinajstić information content (AvgIpc) is 2.48. The molecule has 0 saturated carbocycles. The van der Waals surface area contributed by atoms with Crippen molar-refractivity contribution in [3.05, 3.63) is 0 Å².